The Morgan fingerprint density at radius 3 is 2.52 bits per heavy atom. The predicted octanol–water partition coefficient (Wildman–Crippen LogP) is 3.66. The smallest absolute Gasteiger partial charge is 0.118 e. The third-order valence-corrected chi connectivity index (χ3v) is 4.12. The minimum Gasteiger partial charge on any atom is -0.497 e. The lowest BCUT2D eigenvalue weighted by Gasteiger charge is -2.14. The fourth-order valence-corrected chi connectivity index (χ4v) is 2.97. The normalized spacial score (nSPS) is 10.2. The minimum atomic E-state index is 0.414. The van der Waals surface area contributed by atoms with E-state index < -0.39 is 0 Å². The average Bonchev–Trinajstić information content (AvgIpc) is 2.52. The number of hydrogen-bond donors (Lipinski definition) is 2. The summed E-state index contributed by atoms with van der Waals surface area (Å²) in [6, 6.07) is 14.0. The average molecular weight is 318 g/mol. The van der Waals surface area contributed by atoms with Crippen molar-refractivity contribution in [3.8, 4) is 5.75 Å². The standard InChI is InChI=1S/C16H18N2OS2/c1-19-12-8-6-11(7-9-12)10-18-13-4-3-5-14(21-2)15(13)16(17)20/h3-9,18H,10H2,1-2H3,(H2,17,20). The van der Waals surface area contributed by atoms with Crippen LogP contribution in [-0.4, -0.2) is 18.4 Å². The molecule has 0 atom stereocenters. The van der Waals surface area contributed by atoms with Crippen LogP contribution in [-0.2, 0) is 6.54 Å². The van der Waals surface area contributed by atoms with Gasteiger partial charge >= 0.3 is 0 Å². The molecule has 0 unspecified atom stereocenters. The van der Waals surface area contributed by atoms with Crippen LogP contribution in [0.2, 0.25) is 0 Å². The first-order valence-corrected chi connectivity index (χ1v) is 8.12. The third kappa shape index (κ3) is 3.89. The summed E-state index contributed by atoms with van der Waals surface area (Å²) < 4.78 is 5.16. The second kappa shape index (κ2) is 7.33. The maximum Gasteiger partial charge on any atom is 0.118 e. The molecule has 0 aromatic heterocycles. The van der Waals surface area contributed by atoms with E-state index in [0.29, 0.717) is 11.5 Å². The van der Waals surface area contributed by atoms with Crippen molar-refractivity contribution in [2.24, 2.45) is 5.73 Å². The van der Waals surface area contributed by atoms with Gasteiger partial charge in [0, 0.05) is 22.7 Å². The van der Waals surface area contributed by atoms with E-state index in [2.05, 4.69) is 5.32 Å². The molecule has 3 nitrogen and oxygen atoms in total. The molecule has 2 rings (SSSR count). The minimum absolute atomic E-state index is 0.414. The Bertz CT molecular complexity index is 627. The van der Waals surface area contributed by atoms with Crippen LogP contribution in [0.1, 0.15) is 11.1 Å². The topological polar surface area (TPSA) is 47.3 Å². The van der Waals surface area contributed by atoms with Gasteiger partial charge in [0.15, 0.2) is 0 Å². The fourth-order valence-electron chi connectivity index (χ4n) is 2.04. The Kier molecular flexibility index (Phi) is 5.47. The van der Waals surface area contributed by atoms with Crippen molar-refractivity contribution in [2.75, 3.05) is 18.7 Å². The first-order valence-electron chi connectivity index (χ1n) is 6.49. The third-order valence-electron chi connectivity index (χ3n) is 3.13. The van der Waals surface area contributed by atoms with E-state index in [-0.39, 0.29) is 0 Å². The van der Waals surface area contributed by atoms with Gasteiger partial charge in [0.25, 0.3) is 0 Å². The lowest BCUT2D eigenvalue weighted by molar-refractivity contribution is 0.414. The number of thiocarbonyl (C=S) groups is 1. The fraction of sp³-hybridized carbons (Fsp3) is 0.188. The maximum absolute atomic E-state index is 5.86. The summed E-state index contributed by atoms with van der Waals surface area (Å²) in [6.45, 7) is 0.706. The van der Waals surface area contributed by atoms with Crippen LogP contribution in [0, 0.1) is 0 Å². The van der Waals surface area contributed by atoms with Gasteiger partial charge in [-0.3, -0.25) is 0 Å². The predicted molar refractivity (Wildman–Crippen MR) is 94.4 cm³/mol. The van der Waals surface area contributed by atoms with Crippen LogP contribution in [0.3, 0.4) is 0 Å². The summed E-state index contributed by atoms with van der Waals surface area (Å²) in [4.78, 5) is 1.50. The Hall–Kier alpha value is -1.72. The molecule has 3 N–H and O–H groups in total. The number of ether oxygens (including phenoxy) is 1. The van der Waals surface area contributed by atoms with Crippen LogP contribution in [0.25, 0.3) is 0 Å². The highest BCUT2D eigenvalue weighted by Gasteiger charge is 2.10. The second-order valence-corrected chi connectivity index (χ2v) is 5.74. The summed E-state index contributed by atoms with van der Waals surface area (Å²) in [7, 11) is 1.66. The molecule has 0 amide bonds. The number of hydrogen-bond acceptors (Lipinski definition) is 4. The Labute approximate surface area is 134 Å². The molecule has 0 radical (unpaired) electrons. The SMILES string of the molecule is COc1ccc(CNc2cccc(SC)c2C(N)=S)cc1. The molecule has 2 aromatic rings. The van der Waals surface area contributed by atoms with Crippen LogP contribution in [0.4, 0.5) is 5.69 Å². The molecule has 5 heteroatoms. The molecule has 0 saturated carbocycles. The summed E-state index contributed by atoms with van der Waals surface area (Å²) in [5, 5.41) is 3.40. The zero-order valence-corrected chi connectivity index (χ0v) is 13.7. The van der Waals surface area contributed by atoms with Crippen LogP contribution in [0.15, 0.2) is 47.4 Å². The molecule has 21 heavy (non-hydrogen) atoms. The van der Waals surface area contributed by atoms with Crippen LogP contribution in [0.5, 0.6) is 5.75 Å². The van der Waals surface area contributed by atoms with E-state index >= 15 is 0 Å². The summed E-state index contributed by atoms with van der Waals surface area (Å²) in [6.07, 6.45) is 2.02. The molecule has 0 bridgehead atoms. The number of thioether (sulfide) groups is 1. The molecule has 110 valence electrons. The van der Waals surface area contributed by atoms with Gasteiger partial charge in [-0.2, -0.15) is 0 Å². The molecule has 0 heterocycles. The van der Waals surface area contributed by atoms with Gasteiger partial charge in [-0.1, -0.05) is 30.4 Å². The van der Waals surface area contributed by atoms with E-state index in [1.807, 2.05) is 48.7 Å². The Morgan fingerprint density at radius 2 is 1.95 bits per heavy atom. The second-order valence-electron chi connectivity index (χ2n) is 4.45. The van der Waals surface area contributed by atoms with Crippen molar-refractivity contribution in [3.63, 3.8) is 0 Å². The zero-order valence-electron chi connectivity index (χ0n) is 12.1. The highest BCUT2D eigenvalue weighted by molar-refractivity contribution is 7.98. The Balaban J connectivity index is 2.17. The van der Waals surface area contributed by atoms with E-state index in [0.717, 1.165) is 21.9 Å². The quantitative estimate of drug-likeness (QED) is 0.629. The lowest BCUT2D eigenvalue weighted by Crippen LogP contribution is -2.14. The first-order chi connectivity index (χ1) is 10.2. The molecule has 0 aliphatic carbocycles. The number of rotatable bonds is 6. The molecule has 0 fully saturated rings. The van der Waals surface area contributed by atoms with Gasteiger partial charge in [0.05, 0.1) is 7.11 Å². The molecule has 2 aromatic carbocycles. The summed E-state index contributed by atoms with van der Waals surface area (Å²) in [5.41, 5.74) is 8.90. The van der Waals surface area contributed by atoms with Gasteiger partial charge in [-0.25, -0.2) is 0 Å². The number of nitrogens with one attached hydrogen (secondary N) is 1. The monoisotopic (exact) mass is 318 g/mol. The van der Waals surface area contributed by atoms with Crippen molar-refractivity contribution in [2.45, 2.75) is 11.4 Å². The number of benzene rings is 2. The first kappa shape index (κ1) is 15.7. The lowest BCUT2D eigenvalue weighted by atomic mass is 10.1. The largest absolute Gasteiger partial charge is 0.497 e. The van der Waals surface area contributed by atoms with Gasteiger partial charge in [-0.15, -0.1) is 11.8 Å². The van der Waals surface area contributed by atoms with Gasteiger partial charge < -0.3 is 15.8 Å². The highest BCUT2D eigenvalue weighted by atomic mass is 32.2. The van der Waals surface area contributed by atoms with Crippen molar-refractivity contribution >= 4 is 34.7 Å². The van der Waals surface area contributed by atoms with Crippen molar-refractivity contribution in [3.05, 3.63) is 53.6 Å². The highest BCUT2D eigenvalue weighted by Crippen LogP contribution is 2.27. The Morgan fingerprint density at radius 1 is 1.24 bits per heavy atom. The molecular weight excluding hydrogens is 300 g/mol. The van der Waals surface area contributed by atoms with Crippen molar-refractivity contribution in [1.82, 2.24) is 0 Å². The van der Waals surface area contributed by atoms with E-state index in [1.54, 1.807) is 18.9 Å². The van der Waals surface area contributed by atoms with E-state index in [1.165, 1.54) is 5.56 Å². The number of methoxy groups -OCH3 is 1. The molecule has 0 aliphatic heterocycles. The van der Waals surface area contributed by atoms with Gasteiger partial charge in [0.2, 0.25) is 0 Å². The van der Waals surface area contributed by atoms with E-state index in [4.69, 9.17) is 22.7 Å². The number of nitrogens with two attached hydrogens (primary N) is 1. The van der Waals surface area contributed by atoms with Crippen LogP contribution >= 0.6 is 24.0 Å². The van der Waals surface area contributed by atoms with Crippen molar-refractivity contribution < 1.29 is 4.74 Å². The van der Waals surface area contributed by atoms with Gasteiger partial charge in [0.1, 0.15) is 10.7 Å². The van der Waals surface area contributed by atoms with Crippen molar-refractivity contribution in [1.29, 1.82) is 0 Å². The van der Waals surface area contributed by atoms with Gasteiger partial charge in [-0.05, 0) is 36.1 Å². The number of anilines is 1. The molecule has 0 saturated heterocycles. The molecule has 0 aliphatic rings. The zero-order chi connectivity index (χ0) is 15.2. The van der Waals surface area contributed by atoms with E-state index in [9.17, 15) is 0 Å². The summed E-state index contributed by atoms with van der Waals surface area (Å²) >= 11 is 6.82. The maximum atomic E-state index is 5.86. The molecular formula is C16H18N2OS2. The molecule has 0 spiro atoms. The van der Waals surface area contributed by atoms with Crippen LogP contribution < -0.4 is 15.8 Å². The summed E-state index contributed by atoms with van der Waals surface area (Å²) in [5.74, 6) is 0.854.